The predicted molar refractivity (Wildman–Crippen MR) is 78.8 cm³/mol. The molecule has 1 aliphatic carbocycles. The first-order chi connectivity index (χ1) is 10.3. The van der Waals surface area contributed by atoms with Gasteiger partial charge in [0.05, 0.1) is 32.7 Å². The Morgan fingerprint density at radius 2 is 1.64 bits per heavy atom. The molecule has 1 fully saturated rings. The molecule has 1 aliphatic rings. The molecule has 0 amide bonds. The SMILES string of the molecule is COC(=O)C[C@H]1CCC[C@@H](C(C)(C)C(=O)OC)[C@@H]1C(=O)OC. The van der Waals surface area contributed by atoms with Crippen molar-refractivity contribution in [3.05, 3.63) is 0 Å². The van der Waals surface area contributed by atoms with Gasteiger partial charge in [-0.2, -0.15) is 0 Å². The summed E-state index contributed by atoms with van der Waals surface area (Å²) in [5.41, 5.74) is -0.817. The lowest BCUT2D eigenvalue weighted by Crippen LogP contribution is -2.46. The normalized spacial score (nSPS) is 25.2. The van der Waals surface area contributed by atoms with Crippen LogP contribution in [0.1, 0.15) is 39.5 Å². The lowest BCUT2D eigenvalue weighted by molar-refractivity contribution is -0.165. The second-order valence-corrected chi connectivity index (χ2v) is 6.34. The van der Waals surface area contributed by atoms with E-state index in [4.69, 9.17) is 14.2 Å². The van der Waals surface area contributed by atoms with Gasteiger partial charge in [-0.25, -0.2) is 0 Å². The number of hydrogen-bond acceptors (Lipinski definition) is 6. The molecule has 0 heterocycles. The van der Waals surface area contributed by atoms with Crippen LogP contribution in [0.3, 0.4) is 0 Å². The zero-order valence-corrected chi connectivity index (χ0v) is 14.0. The van der Waals surface area contributed by atoms with Crippen LogP contribution in [0.5, 0.6) is 0 Å². The quantitative estimate of drug-likeness (QED) is 0.570. The van der Waals surface area contributed by atoms with Gasteiger partial charge in [0.25, 0.3) is 0 Å². The molecule has 0 spiro atoms. The highest BCUT2D eigenvalue weighted by molar-refractivity contribution is 5.80. The number of carbonyl (C=O) groups is 3. The van der Waals surface area contributed by atoms with E-state index in [1.807, 2.05) is 0 Å². The van der Waals surface area contributed by atoms with Crippen LogP contribution in [0.4, 0.5) is 0 Å². The minimum absolute atomic E-state index is 0.157. The number of hydrogen-bond donors (Lipinski definition) is 0. The maximum atomic E-state index is 12.3. The van der Waals surface area contributed by atoms with Gasteiger partial charge in [0.1, 0.15) is 0 Å². The molecule has 0 aliphatic heterocycles. The summed E-state index contributed by atoms with van der Waals surface area (Å²) in [5.74, 6) is -2.00. The van der Waals surface area contributed by atoms with E-state index in [9.17, 15) is 14.4 Å². The van der Waals surface area contributed by atoms with E-state index in [1.165, 1.54) is 21.3 Å². The molecule has 1 rings (SSSR count). The molecular formula is C16H26O6. The molecule has 0 aromatic rings. The van der Waals surface area contributed by atoms with Crippen molar-refractivity contribution in [3.63, 3.8) is 0 Å². The fraction of sp³-hybridized carbons (Fsp3) is 0.812. The predicted octanol–water partition coefficient (Wildman–Crippen LogP) is 1.95. The van der Waals surface area contributed by atoms with E-state index in [1.54, 1.807) is 13.8 Å². The fourth-order valence-electron chi connectivity index (χ4n) is 3.53. The molecule has 0 aromatic carbocycles. The van der Waals surface area contributed by atoms with Gasteiger partial charge in [-0.1, -0.05) is 6.42 Å². The molecule has 3 atom stereocenters. The summed E-state index contributed by atoms with van der Waals surface area (Å²) in [6.45, 7) is 3.56. The molecule has 6 nitrogen and oxygen atoms in total. The van der Waals surface area contributed by atoms with E-state index < -0.39 is 11.3 Å². The third kappa shape index (κ3) is 3.78. The van der Waals surface area contributed by atoms with E-state index in [2.05, 4.69) is 0 Å². The van der Waals surface area contributed by atoms with E-state index in [-0.39, 0.29) is 36.2 Å². The average Bonchev–Trinajstić information content (AvgIpc) is 2.52. The van der Waals surface area contributed by atoms with Gasteiger partial charge < -0.3 is 14.2 Å². The average molecular weight is 314 g/mol. The number of rotatable bonds is 5. The number of methoxy groups -OCH3 is 3. The highest BCUT2D eigenvalue weighted by atomic mass is 16.5. The van der Waals surface area contributed by atoms with Crippen molar-refractivity contribution in [1.82, 2.24) is 0 Å². The summed E-state index contributed by atoms with van der Waals surface area (Å²) in [5, 5.41) is 0. The Labute approximate surface area is 131 Å². The largest absolute Gasteiger partial charge is 0.469 e. The Bertz CT molecular complexity index is 428. The van der Waals surface area contributed by atoms with Gasteiger partial charge in [0, 0.05) is 6.42 Å². The summed E-state index contributed by atoms with van der Waals surface area (Å²) < 4.78 is 14.5. The van der Waals surface area contributed by atoms with E-state index in [0.717, 1.165) is 19.3 Å². The van der Waals surface area contributed by atoms with Gasteiger partial charge in [-0.05, 0) is 38.5 Å². The van der Waals surface area contributed by atoms with Gasteiger partial charge in [-0.3, -0.25) is 14.4 Å². The van der Waals surface area contributed by atoms with Gasteiger partial charge >= 0.3 is 17.9 Å². The van der Waals surface area contributed by atoms with E-state index in [0.29, 0.717) is 0 Å². The standard InChI is InChI=1S/C16H26O6/c1-16(2,15(19)22-5)11-8-6-7-10(9-12(17)20-3)13(11)14(18)21-4/h10-11,13H,6-9H2,1-5H3/t10-,11-,13-/m1/s1. The summed E-state index contributed by atoms with van der Waals surface area (Å²) >= 11 is 0. The highest BCUT2D eigenvalue weighted by Gasteiger charge is 2.50. The van der Waals surface area contributed by atoms with E-state index >= 15 is 0 Å². The van der Waals surface area contributed by atoms with Crippen LogP contribution in [-0.2, 0) is 28.6 Å². The lowest BCUT2D eigenvalue weighted by atomic mass is 9.61. The zero-order chi connectivity index (χ0) is 16.9. The molecule has 0 aromatic heterocycles. The van der Waals surface area contributed by atoms with Crippen molar-refractivity contribution in [3.8, 4) is 0 Å². The smallest absolute Gasteiger partial charge is 0.311 e. The second-order valence-electron chi connectivity index (χ2n) is 6.34. The monoisotopic (exact) mass is 314 g/mol. The molecule has 0 N–H and O–H groups in total. The van der Waals surface area contributed by atoms with Gasteiger partial charge in [0.15, 0.2) is 0 Å². The zero-order valence-electron chi connectivity index (χ0n) is 14.0. The van der Waals surface area contributed by atoms with Crippen molar-refractivity contribution in [2.24, 2.45) is 23.2 Å². The third-order valence-electron chi connectivity index (χ3n) is 4.80. The van der Waals surface area contributed by atoms with Crippen LogP contribution in [0.2, 0.25) is 0 Å². The molecule has 1 saturated carbocycles. The molecule has 0 radical (unpaired) electrons. The third-order valence-corrected chi connectivity index (χ3v) is 4.80. The van der Waals surface area contributed by atoms with Gasteiger partial charge in [0.2, 0.25) is 0 Å². The number of esters is 3. The Kier molecular flexibility index (Phi) is 6.38. The van der Waals surface area contributed by atoms with Crippen molar-refractivity contribution in [2.45, 2.75) is 39.5 Å². The molecule has 126 valence electrons. The molecule has 0 unspecified atom stereocenters. The fourth-order valence-corrected chi connectivity index (χ4v) is 3.53. The first kappa shape index (κ1) is 18.5. The summed E-state index contributed by atoms with van der Waals surface area (Å²) in [4.78, 5) is 36.0. The van der Waals surface area contributed by atoms with Crippen LogP contribution < -0.4 is 0 Å². The van der Waals surface area contributed by atoms with Crippen molar-refractivity contribution >= 4 is 17.9 Å². The minimum atomic E-state index is -0.817. The Morgan fingerprint density at radius 3 is 2.14 bits per heavy atom. The van der Waals surface area contributed by atoms with Crippen LogP contribution in [0.25, 0.3) is 0 Å². The molecule has 0 bridgehead atoms. The summed E-state index contributed by atoms with van der Waals surface area (Å²) in [6, 6.07) is 0. The molecular weight excluding hydrogens is 288 g/mol. The van der Waals surface area contributed by atoms with Crippen molar-refractivity contribution in [1.29, 1.82) is 0 Å². The Morgan fingerprint density at radius 1 is 1.00 bits per heavy atom. The first-order valence-corrected chi connectivity index (χ1v) is 7.52. The summed E-state index contributed by atoms with van der Waals surface area (Å²) in [6.07, 6.45) is 2.46. The topological polar surface area (TPSA) is 78.9 Å². The Balaban J connectivity index is 3.10. The van der Waals surface area contributed by atoms with Crippen molar-refractivity contribution in [2.75, 3.05) is 21.3 Å². The minimum Gasteiger partial charge on any atom is -0.469 e. The van der Waals surface area contributed by atoms with Crippen molar-refractivity contribution < 1.29 is 28.6 Å². The molecule has 6 heteroatoms. The Hall–Kier alpha value is -1.59. The van der Waals surface area contributed by atoms with Crippen LogP contribution in [0, 0.1) is 23.2 Å². The summed E-state index contributed by atoms with van der Waals surface area (Å²) in [7, 11) is 3.99. The van der Waals surface area contributed by atoms with Crippen LogP contribution >= 0.6 is 0 Å². The second kappa shape index (κ2) is 7.61. The lowest BCUT2D eigenvalue weighted by Gasteiger charge is -2.42. The molecule has 0 saturated heterocycles. The number of carbonyl (C=O) groups excluding carboxylic acids is 3. The highest BCUT2D eigenvalue weighted by Crippen LogP contribution is 2.47. The first-order valence-electron chi connectivity index (χ1n) is 7.52. The molecule has 22 heavy (non-hydrogen) atoms. The maximum Gasteiger partial charge on any atom is 0.311 e. The van der Waals surface area contributed by atoms with Gasteiger partial charge in [-0.15, -0.1) is 0 Å². The van der Waals surface area contributed by atoms with Crippen LogP contribution in [0.15, 0.2) is 0 Å². The van der Waals surface area contributed by atoms with Crippen LogP contribution in [-0.4, -0.2) is 39.2 Å². The number of ether oxygens (including phenoxy) is 3. The maximum absolute atomic E-state index is 12.3.